The SMILES string of the molecule is N#Cc1c(N)[nH]c2c(OCC(=N)N)cc(F)cc12. The third kappa shape index (κ3) is 1.91. The number of nitrogens with one attached hydrogen (secondary N) is 2. The number of benzene rings is 1. The Kier molecular flexibility index (Phi) is 2.77. The standard InChI is InChI=1S/C11H10FN5O/c12-5-1-6-7(3-13)11(16)17-10(6)8(2-5)18-4-9(14)15/h1-2,17H,4,16H2,(H3,14,15). The molecule has 0 aliphatic heterocycles. The average molecular weight is 247 g/mol. The largest absolute Gasteiger partial charge is 0.483 e. The van der Waals surface area contributed by atoms with Gasteiger partial charge in [0.05, 0.1) is 5.52 Å². The first-order valence-corrected chi connectivity index (χ1v) is 4.99. The molecule has 0 amide bonds. The number of nitriles is 1. The zero-order chi connectivity index (χ0) is 13.3. The van der Waals surface area contributed by atoms with Crippen LogP contribution in [0.1, 0.15) is 5.56 Å². The molecule has 0 aliphatic rings. The molecule has 0 radical (unpaired) electrons. The number of nitrogens with two attached hydrogens (primary N) is 2. The van der Waals surface area contributed by atoms with Crippen molar-refractivity contribution in [2.75, 3.05) is 12.3 Å². The first-order chi connectivity index (χ1) is 8.52. The van der Waals surface area contributed by atoms with Gasteiger partial charge in [0.15, 0.2) is 0 Å². The van der Waals surface area contributed by atoms with Crippen LogP contribution >= 0.6 is 0 Å². The Morgan fingerprint density at radius 2 is 2.28 bits per heavy atom. The second-order valence-electron chi connectivity index (χ2n) is 3.67. The molecule has 0 bridgehead atoms. The third-order valence-electron chi connectivity index (χ3n) is 2.36. The third-order valence-corrected chi connectivity index (χ3v) is 2.36. The molecular formula is C11H10FN5O. The molecule has 1 heterocycles. The summed E-state index contributed by atoms with van der Waals surface area (Å²) in [5.74, 6) is -0.442. The van der Waals surface area contributed by atoms with E-state index in [2.05, 4.69) is 4.98 Å². The minimum Gasteiger partial charge on any atom is -0.483 e. The molecule has 0 saturated heterocycles. The molecule has 0 fully saturated rings. The van der Waals surface area contributed by atoms with Crippen molar-refractivity contribution in [1.29, 1.82) is 10.7 Å². The fraction of sp³-hybridized carbons (Fsp3) is 0.0909. The lowest BCUT2D eigenvalue weighted by molar-refractivity contribution is 0.376. The first-order valence-electron chi connectivity index (χ1n) is 4.99. The van der Waals surface area contributed by atoms with Crippen molar-refractivity contribution in [1.82, 2.24) is 4.98 Å². The monoisotopic (exact) mass is 247 g/mol. The number of nitrogens with zero attached hydrogens (tertiary/aromatic N) is 1. The molecule has 1 aromatic heterocycles. The molecule has 92 valence electrons. The summed E-state index contributed by atoms with van der Waals surface area (Å²) in [5, 5.41) is 16.3. The Hall–Kier alpha value is -2.75. The fourth-order valence-electron chi connectivity index (χ4n) is 1.64. The summed E-state index contributed by atoms with van der Waals surface area (Å²) in [5.41, 5.74) is 11.3. The van der Waals surface area contributed by atoms with Crippen molar-refractivity contribution < 1.29 is 9.13 Å². The van der Waals surface area contributed by atoms with Crippen LogP contribution in [-0.4, -0.2) is 17.4 Å². The van der Waals surface area contributed by atoms with E-state index < -0.39 is 5.82 Å². The van der Waals surface area contributed by atoms with E-state index in [0.29, 0.717) is 10.9 Å². The second kappa shape index (κ2) is 4.25. The van der Waals surface area contributed by atoms with Crippen molar-refractivity contribution in [2.45, 2.75) is 0 Å². The molecule has 18 heavy (non-hydrogen) atoms. The fourth-order valence-corrected chi connectivity index (χ4v) is 1.64. The Morgan fingerprint density at radius 3 is 2.89 bits per heavy atom. The van der Waals surface area contributed by atoms with Crippen LogP contribution in [-0.2, 0) is 0 Å². The number of H-pyrrole nitrogens is 1. The summed E-state index contributed by atoms with van der Waals surface area (Å²) in [6, 6.07) is 4.23. The molecular weight excluding hydrogens is 237 g/mol. The van der Waals surface area contributed by atoms with Gasteiger partial charge in [-0.15, -0.1) is 0 Å². The van der Waals surface area contributed by atoms with Gasteiger partial charge in [0, 0.05) is 11.5 Å². The second-order valence-corrected chi connectivity index (χ2v) is 3.67. The predicted octanol–water partition coefficient (Wildman–Crippen LogP) is 1.08. The molecule has 2 rings (SSSR count). The number of anilines is 1. The summed E-state index contributed by atoms with van der Waals surface area (Å²) in [4.78, 5) is 2.75. The van der Waals surface area contributed by atoms with Crippen LogP contribution in [0.2, 0.25) is 0 Å². The molecule has 0 unspecified atom stereocenters. The molecule has 0 saturated carbocycles. The van der Waals surface area contributed by atoms with Crippen molar-refractivity contribution in [3.05, 3.63) is 23.5 Å². The van der Waals surface area contributed by atoms with Gasteiger partial charge in [0.1, 0.15) is 41.5 Å². The van der Waals surface area contributed by atoms with Gasteiger partial charge >= 0.3 is 0 Å². The summed E-state index contributed by atoms with van der Waals surface area (Å²) in [6.07, 6.45) is 0. The Bertz CT molecular complexity index is 670. The molecule has 1 aromatic carbocycles. The minimum atomic E-state index is -0.559. The number of aromatic amines is 1. The Balaban J connectivity index is 2.60. The lowest BCUT2D eigenvalue weighted by Crippen LogP contribution is -2.19. The number of fused-ring (bicyclic) bond motifs is 1. The molecule has 7 heteroatoms. The van der Waals surface area contributed by atoms with E-state index in [0.717, 1.165) is 6.07 Å². The Morgan fingerprint density at radius 1 is 1.56 bits per heavy atom. The molecule has 6 N–H and O–H groups in total. The highest BCUT2D eigenvalue weighted by molar-refractivity contribution is 5.95. The van der Waals surface area contributed by atoms with E-state index in [1.807, 2.05) is 6.07 Å². The molecule has 0 spiro atoms. The van der Waals surface area contributed by atoms with Crippen LogP contribution in [0, 0.1) is 22.6 Å². The van der Waals surface area contributed by atoms with Gasteiger partial charge < -0.3 is 21.2 Å². The number of ether oxygens (including phenoxy) is 1. The number of halogens is 1. The number of nitrogen functional groups attached to an aromatic ring is 1. The van der Waals surface area contributed by atoms with E-state index in [-0.39, 0.29) is 29.6 Å². The van der Waals surface area contributed by atoms with Gasteiger partial charge in [0.25, 0.3) is 0 Å². The van der Waals surface area contributed by atoms with E-state index >= 15 is 0 Å². The highest BCUT2D eigenvalue weighted by atomic mass is 19.1. The van der Waals surface area contributed by atoms with Crippen LogP contribution in [0.3, 0.4) is 0 Å². The maximum absolute atomic E-state index is 13.4. The van der Waals surface area contributed by atoms with Gasteiger partial charge in [0.2, 0.25) is 0 Å². The minimum absolute atomic E-state index is 0.144. The zero-order valence-corrected chi connectivity index (χ0v) is 9.25. The zero-order valence-electron chi connectivity index (χ0n) is 9.25. The smallest absolute Gasteiger partial charge is 0.147 e. The van der Waals surface area contributed by atoms with E-state index in [9.17, 15) is 4.39 Å². The van der Waals surface area contributed by atoms with E-state index in [4.69, 9.17) is 26.9 Å². The van der Waals surface area contributed by atoms with Crippen LogP contribution in [0.4, 0.5) is 10.2 Å². The maximum Gasteiger partial charge on any atom is 0.147 e. The lowest BCUT2D eigenvalue weighted by atomic mass is 10.1. The topological polar surface area (TPSA) is 125 Å². The Labute approximate surface area is 101 Å². The summed E-state index contributed by atoms with van der Waals surface area (Å²) < 4.78 is 18.6. The quantitative estimate of drug-likeness (QED) is 0.478. The summed E-state index contributed by atoms with van der Waals surface area (Å²) in [6.45, 7) is -0.167. The van der Waals surface area contributed by atoms with Crippen molar-refractivity contribution in [3.8, 4) is 11.8 Å². The van der Waals surface area contributed by atoms with E-state index in [1.54, 1.807) is 0 Å². The van der Waals surface area contributed by atoms with Gasteiger partial charge in [-0.25, -0.2) is 4.39 Å². The van der Waals surface area contributed by atoms with Gasteiger partial charge in [-0.1, -0.05) is 0 Å². The highest BCUT2D eigenvalue weighted by Gasteiger charge is 2.14. The molecule has 0 aliphatic carbocycles. The van der Waals surface area contributed by atoms with Crippen LogP contribution in [0.15, 0.2) is 12.1 Å². The van der Waals surface area contributed by atoms with Crippen molar-refractivity contribution >= 4 is 22.6 Å². The van der Waals surface area contributed by atoms with Gasteiger partial charge in [-0.3, -0.25) is 5.41 Å². The average Bonchev–Trinajstić information content (AvgIpc) is 2.61. The number of rotatable bonds is 3. The maximum atomic E-state index is 13.4. The normalized spacial score (nSPS) is 10.2. The number of hydrogen-bond acceptors (Lipinski definition) is 4. The summed E-state index contributed by atoms with van der Waals surface area (Å²) >= 11 is 0. The number of amidine groups is 1. The number of hydrogen-bond donors (Lipinski definition) is 4. The van der Waals surface area contributed by atoms with Crippen LogP contribution < -0.4 is 16.2 Å². The highest BCUT2D eigenvalue weighted by Crippen LogP contribution is 2.31. The number of aromatic nitrogens is 1. The van der Waals surface area contributed by atoms with Crippen LogP contribution in [0.5, 0.6) is 5.75 Å². The van der Waals surface area contributed by atoms with Crippen molar-refractivity contribution in [2.24, 2.45) is 5.73 Å². The molecule has 6 nitrogen and oxygen atoms in total. The first kappa shape index (κ1) is 11.7. The van der Waals surface area contributed by atoms with Gasteiger partial charge in [-0.2, -0.15) is 5.26 Å². The van der Waals surface area contributed by atoms with Crippen molar-refractivity contribution in [3.63, 3.8) is 0 Å². The lowest BCUT2D eigenvalue weighted by Gasteiger charge is -2.06. The van der Waals surface area contributed by atoms with Gasteiger partial charge in [-0.05, 0) is 6.07 Å². The molecule has 0 atom stereocenters. The van der Waals surface area contributed by atoms with Crippen LogP contribution in [0.25, 0.3) is 10.9 Å². The predicted molar refractivity (Wildman–Crippen MR) is 64.8 cm³/mol. The summed E-state index contributed by atoms with van der Waals surface area (Å²) in [7, 11) is 0. The van der Waals surface area contributed by atoms with E-state index in [1.165, 1.54) is 6.07 Å². The molecule has 2 aromatic rings.